The number of ether oxygens (including phenoxy) is 5. The summed E-state index contributed by atoms with van der Waals surface area (Å²) in [5, 5.41) is 9.65. The van der Waals surface area contributed by atoms with Gasteiger partial charge in [-0.05, 0) is 75.6 Å². The minimum atomic E-state index is -1.96. The summed E-state index contributed by atoms with van der Waals surface area (Å²) in [6.45, 7) is 9.89. The Morgan fingerprint density at radius 1 is 0.869 bits per heavy atom. The summed E-state index contributed by atoms with van der Waals surface area (Å²) < 4.78 is 50.9. The van der Waals surface area contributed by atoms with Crippen LogP contribution in [-0.2, 0) is 28.7 Å². The van der Waals surface area contributed by atoms with Crippen molar-refractivity contribution >= 4 is 8.53 Å². The van der Waals surface area contributed by atoms with Crippen molar-refractivity contribution < 1.29 is 32.7 Å². The zero-order valence-electron chi connectivity index (χ0n) is 35.5. The highest BCUT2D eigenvalue weighted by Crippen LogP contribution is 2.62. The molecule has 1 unspecified atom stereocenters. The molecule has 6 atom stereocenters. The van der Waals surface area contributed by atoms with E-state index in [-0.39, 0.29) is 31.7 Å². The molecule has 2 aliphatic heterocycles. The number of aryl methyl sites for hydroxylation is 1. The number of H-pyrrole nitrogens is 1. The van der Waals surface area contributed by atoms with E-state index in [0.29, 0.717) is 17.1 Å². The van der Waals surface area contributed by atoms with Gasteiger partial charge >= 0.3 is 5.69 Å². The highest BCUT2D eigenvalue weighted by Gasteiger charge is 2.71. The summed E-state index contributed by atoms with van der Waals surface area (Å²) >= 11 is 0. The lowest BCUT2D eigenvalue weighted by molar-refractivity contribution is -0.243. The third-order valence-corrected chi connectivity index (χ3v) is 13.5. The molecule has 61 heavy (non-hydrogen) atoms. The van der Waals surface area contributed by atoms with E-state index in [1.54, 1.807) is 21.1 Å². The minimum absolute atomic E-state index is 0.0509. The summed E-state index contributed by atoms with van der Waals surface area (Å²) in [5.74, 6) is 1.29. The van der Waals surface area contributed by atoms with E-state index in [2.05, 4.69) is 43.4 Å². The summed E-state index contributed by atoms with van der Waals surface area (Å²) in [7, 11) is 1.28. The van der Waals surface area contributed by atoms with Gasteiger partial charge in [0.25, 0.3) is 14.1 Å². The molecule has 14 heteroatoms. The molecule has 2 bridgehead atoms. The summed E-state index contributed by atoms with van der Waals surface area (Å²) in [6, 6.07) is 37.3. The van der Waals surface area contributed by atoms with Gasteiger partial charge in [0.2, 0.25) is 0 Å². The molecule has 1 N–H and O–H groups in total. The molecule has 0 aliphatic carbocycles. The quantitative estimate of drug-likeness (QED) is 0.0587. The fourth-order valence-electron chi connectivity index (χ4n) is 8.73. The van der Waals surface area contributed by atoms with E-state index in [4.69, 9.17) is 32.7 Å². The largest absolute Gasteiger partial charge is 0.497 e. The van der Waals surface area contributed by atoms with E-state index >= 15 is 0 Å². The van der Waals surface area contributed by atoms with Crippen LogP contribution in [-0.4, -0.2) is 71.5 Å². The van der Waals surface area contributed by atoms with Crippen molar-refractivity contribution in [3.8, 4) is 17.6 Å². The van der Waals surface area contributed by atoms with Crippen LogP contribution >= 0.6 is 8.53 Å². The third kappa shape index (κ3) is 8.30. The normalized spacial score (nSPS) is 21.9. The predicted octanol–water partition coefficient (Wildman–Crippen LogP) is 7.94. The van der Waals surface area contributed by atoms with Gasteiger partial charge in [0.05, 0.1) is 45.3 Å². The minimum Gasteiger partial charge on any atom is -0.497 e. The molecule has 2 aliphatic rings. The molecule has 4 aromatic carbocycles. The number of nitriles is 1. The Balaban J connectivity index is 1.62. The fourth-order valence-corrected chi connectivity index (χ4v) is 10.5. The van der Waals surface area contributed by atoms with Crippen molar-refractivity contribution in [3.05, 3.63) is 164 Å². The van der Waals surface area contributed by atoms with E-state index in [9.17, 15) is 14.9 Å². The fraction of sp³-hybridized carbons (Fsp3) is 0.383. The zero-order chi connectivity index (χ0) is 43.3. The lowest BCUT2D eigenvalue weighted by Gasteiger charge is -2.52. The molecular formula is C47H53N4O9P. The van der Waals surface area contributed by atoms with Crippen molar-refractivity contribution in [2.24, 2.45) is 0 Å². The number of nitrogens with zero attached hydrogens (tertiary/aromatic N) is 3. The maximum absolute atomic E-state index is 14.1. The first-order chi connectivity index (χ1) is 29.5. The lowest BCUT2D eigenvalue weighted by Crippen LogP contribution is -2.63. The van der Waals surface area contributed by atoms with Gasteiger partial charge in [-0.1, -0.05) is 84.9 Å². The predicted molar refractivity (Wildman–Crippen MR) is 231 cm³/mol. The van der Waals surface area contributed by atoms with Crippen LogP contribution in [0, 0.1) is 18.3 Å². The van der Waals surface area contributed by atoms with Crippen LogP contribution in [0.2, 0.25) is 0 Å². The topological polar surface area (TPSA) is 147 Å². The number of methoxy groups -OCH3 is 2. The zero-order valence-corrected chi connectivity index (χ0v) is 36.4. The van der Waals surface area contributed by atoms with Gasteiger partial charge in [0.1, 0.15) is 29.3 Å². The molecule has 0 saturated carbocycles. The first-order valence-electron chi connectivity index (χ1n) is 20.4. The maximum Gasteiger partial charge on any atom is 0.330 e. The van der Waals surface area contributed by atoms with Crippen molar-refractivity contribution in [1.29, 1.82) is 5.26 Å². The van der Waals surface area contributed by atoms with Crippen molar-refractivity contribution in [2.45, 2.75) is 88.9 Å². The van der Waals surface area contributed by atoms with Gasteiger partial charge in [-0.25, -0.2) is 9.46 Å². The van der Waals surface area contributed by atoms with Crippen molar-refractivity contribution in [3.63, 3.8) is 0 Å². The molecule has 320 valence electrons. The lowest BCUT2D eigenvalue weighted by atomic mass is 9.57. The molecule has 0 spiro atoms. The van der Waals surface area contributed by atoms with Gasteiger partial charge in [-0.3, -0.25) is 14.3 Å². The molecule has 2 saturated heterocycles. The Morgan fingerprint density at radius 2 is 1.43 bits per heavy atom. The van der Waals surface area contributed by atoms with Crippen LogP contribution in [0.3, 0.4) is 0 Å². The van der Waals surface area contributed by atoms with E-state index < -0.39 is 55.5 Å². The Morgan fingerprint density at radius 3 is 1.97 bits per heavy atom. The number of rotatable bonds is 16. The average Bonchev–Trinajstić information content (AvgIpc) is 3.46. The molecule has 5 aromatic rings. The second kappa shape index (κ2) is 18.8. The Labute approximate surface area is 357 Å². The first-order valence-corrected chi connectivity index (χ1v) is 21.5. The highest BCUT2D eigenvalue weighted by atomic mass is 31.2. The molecule has 0 radical (unpaired) electrons. The third-order valence-electron chi connectivity index (χ3n) is 11.3. The number of hydrogen-bond donors (Lipinski definition) is 1. The maximum atomic E-state index is 14.1. The molecule has 7 rings (SSSR count). The Kier molecular flexibility index (Phi) is 13.6. The van der Waals surface area contributed by atoms with Crippen LogP contribution in [0.1, 0.15) is 74.5 Å². The summed E-state index contributed by atoms with van der Waals surface area (Å²) in [4.78, 5) is 29.5. The van der Waals surface area contributed by atoms with Crippen LogP contribution < -0.4 is 20.7 Å². The number of hydrogen-bond acceptors (Lipinski definition) is 11. The van der Waals surface area contributed by atoms with Crippen LogP contribution in [0.4, 0.5) is 0 Å². The van der Waals surface area contributed by atoms with E-state index in [1.807, 2.05) is 109 Å². The molecule has 13 nitrogen and oxygen atoms in total. The van der Waals surface area contributed by atoms with Crippen molar-refractivity contribution in [1.82, 2.24) is 14.2 Å². The highest BCUT2D eigenvalue weighted by molar-refractivity contribution is 7.44. The molecular weight excluding hydrogens is 796 g/mol. The Hall–Kier alpha value is -5.16. The smallest absolute Gasteiger partial charge is 0.330 e. The number of aromatic amines is 1. The molecule has 3 heterocycles. The monoisotopic (exact) mass is 848 g/mol. The van der Waals surface area contributed by atoms with E-state index in [0.717, 1.165) is 22.3 Å². The van der Waals surface area contributed by atoms with Crippen LogP contribution in [0.15, 0.2) is 125 Å². The standard InChI is InChI=1S/C47H53N4O9P/c1-31(2)51(32(3)4)61(57-28-14-27-48)60-41-40-43(50-29-33(5)42(52)49-45(50)53)59-46(41,30-56-44(58-40)34-15-10-8-11-16-34)47(35-17-12-9-13-18-35,36-19-23-38(54-6)24-20-36)37-21-25-39(55-7)26-22-37/h8-13,15-26,29,31-32,40-41,43-44H,14,28,30H2,1-7H3,(H,49,52,53)/t40-,41+,43-,44-,46+,61?/m1/s1. The van der Waals surface area contributed by atoms with Gasteiger partial charge in [0, 0.05) is 29.4 Å². The van der Waals surface area contributed by atoms with Gasteiger partial charge in [-0.15, -0.1) is 0 Å². The SMILES string of the molecule is COc1ccc(C(c2ccccc2)(c2ccc(OC)cc2)[C@@]23CO[C@@H](c4ccccc4)O[C@@H]([C@H](n4cc(C)c(=O)[nH]c4=O)O2)[C@@H]3OP(OCCC#N)N(C(C)C)C(C)C)cc1. The molecule has 1 aromatic heterocycles. The van der Waals surface area contributed by atoms with Crippen LogP contribution in [0.5, 0.6) is 11.5 Å². The van der Waals surface area contributed by atoms with Gasteiger partial charge in [0.15, 0.2) is 12.5 Å². The van der Waals surface area contributed by atoms with Gasteiger partial charge in [-0.2, -0.15) is 5.26 Å². The number of nitrogens with one attached hydrogen (secondary N) is 1. The van der Waals surface area contributed by atoms with Crippen LogP contribution in [0.25, 0.3) is 0 Å². The van der Waals surface area contributed by atoms with E-state index in [1.165, 1.54) is 10.8 Å². The average molecular weight is 849 g/mol. The number of benzene rings is 4. The number of fused-ring (bicyclic) bond motifs is 2. The summed E-state index contributed by atoms with van der Waals surface area (Å²) in [5.41, 5.74) is -0.645. The molecule has 2 fully saturated rings. The van der Waals surface area contributed by atoms with Crippen molar-refractivity contribution in [2.75, 3.05) is 27.4 Å². The number of aromatic nitrogens is 2. The second-order valence-corrected chi connectivity index (χ2v) is 17.1. The Bertz CT molecular complexity index is 2330. The van der Waals surface area contributed by atoms with Gasteiger partial charge < -0.3 is 32.7 Å². The molecule has 0 amide bonds. The first kappa shape index (κ1) is 43.9. The summed E-state index contributed by atoms with van der Waals surface area (Å²) in [6.07, 6.45) is -2.62. The second-order valence-electron chi connectivity index (χ2n) is 15.7.